The lowest BCUT2D eigenvalue weighted by molar-refractivity contribution is 0.669. The molecule has 69 heavy (non-hydrogen) atoms. The van der Waals surface area contributed by atoms with Crippen molar-refractivity contribution in [2.45, 2.75) is 0 Å². The van der Waals surface area contributed by atoms with Crippen molar-refractivity contribution < 1.29 is 4.42 Å². The summed E-state index contributed by atoms with van der Waals surface area (Å²) in [5, 5.41) is 4.76. The molecule has 0 amide bonds. The molecule has 0 saturated heterocycles. The molecule has 0 spiro atoms. The van der Waals surface area contributed by atoms with Crippen LogP contribution in [0.4, 0.5) is 17.1 Å². The molecule has 0 fully saturated rings. The Morgan fingerprint density at radius 1 is 0.290 bits per heavy atom. The first-order valence-corrected chi connectivity index (χ1v) is 23.6. The zero-order valence-corrected chi connectivity index (χ0v) is 37.7. The minimum absolute atomic E-state index is 0.885. The smallest absolute Gasteiger partial charge is 0.136 e. The molecular formula is C66H44N2O. The van der Waals surface area contributed by atoms with Crippen molar-refractivity contribution >= 4 is 60.8 Å². The summed E-state index contributed by atoms with van der Waals surface area (Å²) in [6.45, 7) is 0. The van der Waals surface area contributed by atoms with Gasteiger partial charge in [0.25, 0.3) is 0 Å². The summed E-state index contributed by atoms with van der Waals surface area (Å²) >= 11 is 0. The number of rotatable bonds is 9. The Morgan fingerprint density at radius 3 is 1.58 bits per heavy atom. The minimum Gasteiger partial charge on any atom is -0.456 e. The molecule has 13 rings (SSSR count). The van der Waals surface area contributed by atoms with Gasteiger partial charge in [-0.25, -0.2) is 0 Å². The molecule has 2 heterocycles. The Hall–Kier alpha value is -9.18. The molecule has 0 N–H and O–H groups in total. The lowest BCUT2D eigenvalue weighted by atomic mass is 9.96. The lowest BCUT2D eigenvalue weighted by Gasteiger charge is -2.28. The van der Waals surface area contributed by atoms with Gasteiger partial charge in [-0.2, -0.15) is 0 Å². The molecule has 11 aromatic carbocycles. The third-order valence-electron chi connectivity index (χ3n) is 13.6. The van der Waals surface area contributed by atoms with E-state index in [1.807, 2.05) is 12.1 Å². The fourth-order valence-electron chi connectivity index (χ4n) is 10.3. The number of nitrogens with zero attached hydrogens (tertiary/aromatic N) is 2. The van der Waals surface area contributed by atoms with Gasteiger partial charge in [0, 0.05) is 44.2 Å². The maximum absolute atomic E-state index is 6.35. The van der Waals surface area contributed by atoms with Crippen LogP contribution in [-0.2, 0) is 0 Å². The van der Waals surface area contributed by atoms with Gasteiger partial charge in [0.2, 0.25) is 0 Å². The van der Waals surface area contributed by atoms with Gasteiger partial charge in [0.05, 0.1) is 16.7 Å². The molecule has 0 atom stereocenters. The zero-order chi connectivity index (χ0) is 45.7. The minimum atomic E-state index is 0.885. The molecule has 0 radical (unpaired) electrons. The van der Waals surface area contributed by atoms with Crippen LogP contribution >= 0.6 is 0 Å². The largest absolute Gasteiger partial charge is 0.456 e. The standard InChI is InChI=1S/C66H44N2O/c1-2-16-45(17-3-1)46-34-36-48(37-35-46)56-24-4-8-29-61(56)67(54-22-14-21-52(44-54)57-28-15-33-65-66(57)60-27-7-11-32-64(60)69-65)53-40-38-47(39-41-53)49-18-12-19-50(42-49)51-20-13-23-55(43-51)68-62-30-9-5-25-58(62)59-26-6-10-31-63(59)68/h1-44H. The van der Waals surface area contributed by atoms with Crippen molar-refractivity contribution in [1.82, 2.24) is 4.57 Å². The first-order valence-electron chi connectivity index (χ1n) is 23.6. The van der Waals surface area contributed by atoms with Crippen molar-refractivity contribution in [3.63, 3.8) is 0 Å². The van der Waals surface area contributed by atoms with Crippen LogP contribution in [0.3, 0.4) is 0 Å². The van der Waals surface area contributed by atoms with Crippen LogP contribution in [0, 0.1) is 0 Å². The number of hydrogen-bond acceptors (Lipinski definition) is 2. The number of furan rings is 1. The van der Waals surface area contributed by atoms with Crippen LogP contribution in [0.2, 0.25) is 0 Å². The van der Waals surface area contributed by atoms with E-state index in [1.54, 1.807) is 0 Å². The summed E-state index contributed by atoms with van der Waals surface area (Å²) in [4.78, 5) is 2.40. The molecule has 0 unspecified atom stereocenters. The summed E-state index contributed by atoms with van der Waals surface area (Å²) in [7, 11) is 0. The average Bonchev–Trinajstić information content (AvgIpc) is 3.98. The predicted molar refractivity (Wildman–Crippen MR) is 290 cm³/mol. The van der Waals surface area contributed by atoms with Gasteiger partial charge in [-0.05, 0) is 123 Å². The Bertz CT molecular complexity index is 3960. The SMILES string of the molecule is c1ccc(-c2ccc(-c3ccccc3N(c3ccc(-c4cccc(-c5cccc(-n6c7ccccc7c7ccccc76)c5)c4)cc3)c3cccc(-c4cccc5oc6ccccc6c45)c3)cc2)cc1. The molecule has 0 saturated carbocycles. The Morgan fingerprint density at radius 2 is 0.797 bits per heavy atom. The maximum atomic E-state index is 6.35. The molecular weight excluding hydrogens is 837 g/mol. The summed E-state index contributed by atoms with van der Waals surface area (Å²) in [5.74, 6) is 0. The molecule has 0 bridgehead atoms. The third-order valence-corrected chi connectivity index (χ3v) is 13.6. The molecule has 3 heteroatoms. The van der Waals surface area contributed by atoms with Crippen LogP contribution in [0.25, 0.3) is 105 Å². The normalized spacial score (nSPS) is 11.5. The topological polar surface area (TPSA) is 21.3 Å². The number of para-hydroxylation sites is 4. The van der Waals surface area contributed by atoms with Crippen LogP contribution < -0.4 is 4.90 Å². The first kappa shape index (κ1) is 40.1. The first-order chi connectivity index (χ1) is 34.2. The summed E-state index contributed by atoms with van der Waals surface area (Å²) in [6, 6.07) is 96.1. The van der Waals surface area contributed by atoms with Crippen molar-refractivity contribution in [2.75, 3.05) is 4.90 Å². The van der Waals surface area contributed by atoms with E-state index in [0.717, 1.165) is 78.1 Å². The van der Waals surface area contributed by atoms with E-state index >= 15 is 0 Å². The fraction of sp³-hybridized carbons (Fsp3) is 0. The molecule has 2 aromatic heterocycles. The van der Waals surface area contributed by atoms with Crippen LogP contribution in [0.5, 0.6) is 0 Å². The lowest BCUT2D eigenvalue weighted by Crippen LogP contribution is -2.11. The monoisotopic (exact) mass is 880 g/mol. The third kappa shape index (κ3) is 7.16. The summed E-state index contributed by atoms with van der Waals surface area (Å²) in [6.07, 6.45) is 0. The van der Waals surface area contributed by atoms with Crippen molar-refractivity contribution in [2.24, 2.45) is 0 Å². The second-order valence-corrected chi connectivity index (χ2v) is 17.7. The number of anilines is 3. The Kier molecular flexibility index (Phi) is 9.84. The van der Waals surface area contributed by atoms with E-state index in [2.05, 4.69) is 264 Å². The predicted octanol–water partition coefficient (Wildman–Crippen LogP) is 18.5. The summed E-state index contributed by atoms with van der Waals surface area (Å²) in [5.41, 5.74) is 20.1. The second-order valence-electron chi connectivity index (χ2n) is 17.7. The van der Waals surface area contributed by atoms with Gasteiger partial charge < -0.3 is 13.9 Å². The highest BCUT2D eigenvalue weighted by molar-refractivity contribution is 6.13. The molecule has 324 valence electrons. The second kappa shape index (κ2) is 16.9. The molecule has 13 aromatic rings. The fourth-order valence-corrected chi connectivity index (χ4v) is 10.3. The van der Waals surface area contributed by atoms with Gasteiger partial charge in [-0.1, -0.05) is 194 Å². The van der Waals surface area contributed by atoms with Gasteiger partial charge >= 0.3 is 0 Å². The number of benzene rings is 11. The Balaban J connectivity index is 0.898. The summed E-state index contributed by atoms with van der Waals surface area (Å²) < 4.78 is 8.73. The number of aromatic nitrogens is 1. The number of fused-ring (bicyclic) bond motifs is 6. The average molecular weight is 881 g/mol. The van der Waals surface area contributed by atoms with E-state index in [9.17, 15) is 0 Å². The number of hydrogen-bond donors (Lipinski definition) is 0. The molecule has 0 aliphatic rings. The van der Waals surface area contributed by atoms with Gasteiger partial charge in [0.1, 0.15) is 11.2 Å². The van der Waals surface area contributed by atoms with E-state index < -0.39 is 0 Å². The van der Waals surface area contributed by atoms with Crippen LogP contribution in [0.1, 0.15) is 0 Å². The maximum Gasteiger partial charge on any atom is 0.136 e. The molecule has 0 aliphatic carbocycles. The highest BCUT2D eigenvalue weighted by Crippen LogP contribution is 2.44. The highest BCUT2D eigenvalue weighted by atomic mass is 16.3. The van der Waals surface area contributed by atoms with E-state index in [0.29, 0.717) is 0 Å². The van der Waals surface area contributed by atoms with E-state index in [-0.39, 0.29) is 0 Å². The van der Waals surface area contributed by atoms with Crippen LogP contribution in [0.15, 0.2) is 271 Å². The molecule has 3 nitrogen and oxygen atoms in total. The Labute approximate surface area is 401 Å². The van der Waals surface area contributed by atoms with E-state index in [1.165, 1.54) is 44.1 Å². The van der Waals surface area contributed by atoms with Gasteiger partial charge in [-0.15, -0.1) is 0 Å². The zero-order valence-electron chi connectivity index (χ0n) is 37.7. The van der Waals surface area contributed by atoms with Crippen molar-refractivity contribution in [1.29, 1.82) is 0 Å². The quantitative estimate of drug-likeness (QED) is 0.144. The van der Waals surface area contributed by atoms with Crippen LogP contribution in [-0.4, -0.2) is 4.57 Å². The van der Waals surface area contributed by atoms with Gasteiger partial charge in [0.15, 0.2) is 0 Å². The van der Waals surface area contributed by atoms with E-state index in [4.69, 9.17) is 4.42 Å². The van der Waals surface area contributed by atoms with Gasteiger partial charge in [-0.3, -0.25) is 0 Å². The highest BCUT2D eigenvalue weighted by Gasteiger charge is 2.20. The van der Waals surface area contributed by atoms with Crippen molar-refractivity contribution in [3.8, 4) is 61.3 Å². The van der Waals surface area contributed by atoms with Crippen molar-refractivity contribution in [3.05, 3.63) is 267 Å². The molecule has 0 aliphatic heterocycles.